The van der Waals surface area contributed by atoms with Crippen molar-refractivity contribution < 1.29 is 0 Å². The average Bonchev–Trinajstić information content (AvgIpc) is 2.69. The van der Waals surface area contributed by atoms with Gasteiger partial charge in [0.2, 0.25) is 0 Å². The first-order valence-electron chi connectivity index (χ1n) is 6.85. The number of hydrogen-bond acceptors (Lipinski definition) is 2. The van der Waals surface area contributed by atoms with Gasteiger partial charge in [0.15, 0.2) is 0 Å². The van der Waals surface area contributed by atoms with E-state index in [1.54, 1.807) is 0 Å². The Labute approximate surface area is 93.4 Å². The Balaban J connectivity index is 1.79. The number of hydrogen-bond donors (Lipinski definition) is 1. The molecule has 3 fully saturated rings. The predicted octanol–water partition coefficient (Wildman–Crippen LogP) is 2.00. The molecule has 0 radical (unpaired) electrons. The third-order valence-corrected chi connectivity index (χ3v) is 5.00. The topological polar surface area (TPSA) is 15.3 Å². The SMILES string of the molecule is CC1C2CCCC2NCC2CCCCN21. The number of nitrogens with one attached hydrogen (secondary N) is 1. The van der Waals surface area contributed by atoms with Gasteiger partial charge in [-0.15, -0.1) is 0 Å². The zero-order valence-corrected chi connectivity index (χ0v) is 9.91. The smallest absolute Gasteiger partial charge is 0.0223 e. The van der Waals surface area contributed by atoms with Crippen molar-refractivity contribution in [2.24, 2.45) is 5.92 Å². The van der Waals surface area contributed by atoms with Crippen molar-refractivity contribution in [2.75, 3.05) is 13.1 Å². The third kappa shape index (κ3) is 1.72. The Hall–Kier alpha value is -0.0800. The van der Waals surface area contributed by atoms with Crippen molar-refractivity contribution >= 4 is 0 Å². The van der Waals surface area contributed by atoms with E-state index in [9.17, 15) is 0 Å². The van der Waals surface area contributed by atoms with E-state index in [0.717, 1.165) is 24.0 Å². The summed E-state index contributed by atoms with van der Waals surface area (Å²) in [4.78, 5) is 2.81. The summed E-state index contributed by atoms with van der Waals surface area (Å²) in [6, 6.07) is 2.52. The largest absolute Gasteiger partial charge is 0.312 e. The Morgan fingerprint density at radius 3 is 2.93 bits per heavy atom. The number of nitrogens with zero attached hydrogens (tertiary/aromatic N) is 1. The molecule has 4 unspecified atom stereocenters. The molecule has 0 spiro atoms. The van der Waals surface area contributed by atoms with Crippen LogP contribution in [-0.2, 0) is 0 Å². The molecule has 1 N–H and O–H groups in total. The van der Waals surface area contributed by atoms with Gasteiger partial charge >= 0.3 is 0 Å². The molecule has 1 aliphatic carbocycles. The highest BCUT2D eigenvalue weighted by Gasteiger charge is 2.40. The Morgan fingerprint density at radius 2 is 2.00 bits per heavy atom. The molecule has 2 heteroatoms. The first kappa shape index (κ1) is 10.1. The maximum absolute atomic E-state index is 3.83. The summed E-state index contributed by atoms with van der Waals surface area (Å²) in [7, 11) is 0. The van der Waals surface area contributed by atoms with Gasteiger partial charge in [-0.3, -0.25) is 4.90 Å². The zero-order chi connectivity index (χ0) is 10.3. The van der Waals surface area contributed by atoms with Crippen LogP contribution in [0.15, 0.2) is 0 Å². The Morgan fingerprint density at radius 1 is 1.07 bits per heavy atom. The van der Waals surface area contributed by atoms with Crippen molar-refractivity contribution in [3.8, 4) is 0 Å². The van der Waals surface area contributed by atoms with E-state index in [0.29, 0.717) is 0 Å². The van der Waals surface area contributed by atoms with E-state index < -0.39 is 0 Å². The van der Waals surface area contributed by atoms with Crippen LogP contribution in [0.4, 0.5) is 0 Å². The van der Waals surface area contributed by atoms with E-state index >= 15 is 0 Å². The number of fused-ring (bicyclic) bond motifs is 2. The van der Waals surface area contributed by atoms with Crippen LogP contribution in [0.3, 0.4) is 0 Å². The van der Waals surface area contributed by atoms with Crippen LogP contribution in [0.2, 0.25) is 0 Å². The summed E-state index contributed by atoms with van der Waals surface area (Å²) < 4.78 is 0. The molecule has 0 bridgehead atoms. The van der Waals surface area contributed by atoms with Crippen molar-refractivity contribution in [1.29, 1.82) is 0 Å². The minimum absolute atomic E-state index is 0.831. The second kappa shape index (κ2) is 4.06. The van der Waals surface area contributed by atoms with Crippen LogP contribution >= 0.6 is 0 Å². The summed E-state index contributed by atoms with van der Waals surface area (Å²) in [5.41, 5.74) is 0. The Kier molecular flexibility index (Phi) is 2.73. The summed E-state index contributed by atoms with van der Waals surface area (Å²) in [5, 5.41) is 3.83. The average molecular weight is 208 g/mol. The lowest BCUT2D eigenvalue weighted by Crippen LogP contribution is -2.48. The van der Waals surface area contributed by atoms with Gasteiger partial charge < -0.3 is 5.32 Å². The van der Waals surface area contributed by atoms with Gasteiger partial charge in [0.25, 0.3) is 0 Å². The predicted molar refractivity (Wildman–Crippen MR) is 62.9 cm³/mol. The van der Waals surface area contributed by atoms with E-state index in [1.165, 1.54) is 51.6 Å². The molecule has 15 heavy (non-hydrogen) atoms. The van der Waals surface area contributed by atoms with Gasteiger partial charge in [0.1, 0.15) is 0 Å². The molecule has 3 rings (SSSR count). The van der Waals surface area contributed by atoms with Gasteiger partial charge in [-0.2, -0.15) is 0 Å². The molecule has 1 saturated carbocycles. The van der Waals surface area contributed by atoms with Crippen LogP contribution in [0, 0.1) is 5.92 Å². The minimum Gasteiger partial charge on any atom is -0.312 e. The molecule has 86 valence electrons. The van der Waals surface area contributed by atoms with Gasteiger partial charge in [0.05, 0.1) is 0 Å². The normalized spacial score (nSPS) is 47.0. The fourth-order valence-corrected chi connectivity index (χ4v) is 4.13. The lowest BCUT2D eigenvalue weighted by atomic mass is 9.92. The molecule has 2 saturated heterocycles. The van der Waals surface area contributed by atoms with Crippen LogP contribution in [0.5, 0.6) is 0 Å². The standard InChI is InChI=1S/C13H24N2/c1-10-12-6-4-7-13(12)14-9-11-5-2-3-8-15(10)11/h10-14H,2-9H2,1H3. The van der Waals surface area contributed by atoms with Crippen molar-refractivity contribution in [3.63, 3.8) is 0 Å². The summed E-state index contributed by atoms with van der Waals surface area (Å²) in [6.45, 7) is 5.09. The third-order valence-electron chi connectivity index (χ3n) is 5.00. The van der Waals surface area contributed by atoms with Crippen LogP contribution in [-0.4, -0.2) is 36.1 Å². The highest BCUT2D eigenvalue weighted by Crippen LogP contribution is 2.35. The summed E-state index contributed by atoms with van der Waals surface area (Å²) in [5.74, 6) is 0.938. The van der Waals surface area contributed by atoms with E-state index in [1.807, 2.05) is 0 Å². The number of piperidine rings is 1. The van der Waals surface area contributed by atoms with E-state index in [-0.39, 0.29) is 0 Å². The van der Waals surface area contributed by atoms with Crippen molar-refractivity contribution in [2.45, 2.75) is 63.6 Å². The fraction of sp³-hybridized carbons (Fsp3) is 1.00. The monoisotopic (exact) mass is 208 g/mol. The van der Waals surface area contributed by atoms with Gasteiger partial charge in [-0.05, 0) is 45.1 Å². The van der Waals surface area contributed by atoms with E-state index in [4.69, 9.17) is 0 Å². The van der Waals surface area contributed by atoms with Crippen LogP contribution in [0.25, 0.3) is 0 Å². The Bertz CT molecular complexity index is 229. The highest BCUT2D eigenvalue weighted by atomic mass is 15.2. The molecule has 4 atom stereocenters. The lowest BCUT2D eigenvalue weighted by Gasteiger charge is -2.40. The minimum atomic E-state index is 0.831. The molecule has 2 heterocycles. The summed E-state index contributed by atoms with van der Waals surface area (Å²) >= 11 is 0. The van der Waals surface area contributed by atoms with E-state index in [2.05, 4.69) is 17.1 Å². The molecular weight excluding hydrogens is 184 g/mol. The molecule has 3 aliphatic rings. The van der Waals surface area contributed by atoms with Gasteiger partial charge in [-0.25, -0.2) is 0 Å². The van der Waals surface area contributed by atoms with Gasteiger partial charge in [0, 0.05) is 24.7 Å². The van der Waals surface area contributed by atoms with Crippen LogP contribution in [0.1, 0.15) is 45.4 Å². The second-order valence-corrected chi connectivity index (χ2v) is 5.74. The first-order chi connectivity index (χ1) is 7.36. The molecule has 2 nitrogen and oxygen atoms in total. The molecule has 2 aliphatic heterocycles. The van der Waals surface area contributed by atoms with Gasteiger partial charge in [-0.1, -0.05) is 12.8 Å². The van der Waals surface area contributed by atoms with Crippen molar-refractivity contribution in [1.82, 2.24) is 10.2 Å². The second-order valence-electron chi connectivity index (χ2n) is 5.74. The molecule has 0 aromatic heterocycles. The number of rotatable bonds is 0. The summed E-state index contributed by atoms with van der Waals surface area (Å²) in [6.07, 6.45) is 8.64. The zero-order valence-electron chi connectivity index (χ0n) is 9.91. The molecule has 0 amide bonds. The molecule has 0 aromatic carbocycles. The quantitative estimate of drug-likeness (QED) is 0.655. The maximum Gasteiger partial charge on any atom is 0.0223 e. The lowest BCUT2D eigenvalue weighted by molar-refractivity contribution is 0.0888. The first-order valence-corrected chi connectivity index (χ1v) is 6.85. The molecular formula is C13H24N2. The van der Waals surface area contributed by atoms with Crippen molar-refractivity contribution in [3.05, 3.63) is 0 Å². The van der Waals surface area contributed by atoms with Crippen LogP contribution < -0.4 is 5.32 Å². The highest BCUT2D eigenvalue weighted by molar-refractivity contribution is 4.97. The maximum atomic E-state index is 3.83. The fourth-order valence-electron chi connectivity index (χ4n) is 4.13. The molecule has 0 aromatic rings.